The van der Waals surface area contributed by atoms with E-state index in [9.17, 15) is 13.2 Å². The lowest BCUT2D eigenvalue weighted by Crippen LogP contribution is -2.22. The first-order chi connectivity index (χ1) is 10.3. The zero-order valence-electron chi connectivity index (χ0n) is 12.7. The second-order valence-corrected chi connectivity index (χ2v) is 7.29. The third-order valence-corrected chi connectivity index (χ3v) is 4.96. The van der Waals surface area contributed by atoms with Crippen molar-refractivity contribution in [1.82, 2.24) is 4.31 Å². The van der Waals surface area contributed by atoms with Crippen LogP contribution in [0.4, 0.5) is 5.69 Å². The van der Waals surface area contributed by atoms with Crippen LogP contribution < -0.4 is 5.32 Å². The Morgan fingerprint density at radius 2 is 1.73 bits per heavy atom. The third kappa shape index (κ3) is 3.52. The summed E-state index contributed by atoms with van der Waals surface area (Å²) >= 11 is 0. The number of carbonyl (C=O) groups excluding carboxylic acids is 1. The van der Waals surface area contributed by atoms with Gasteiger partial charge < -0.3 is 5.32 Å². The predicted octanol–water partition coefficient (Wildman–Crippen LogP) is 2.50. The van der Waals surface area contributed by atoms with Gasteiger partial charge in [-0.15, -0.1) is 0 Å². The molecule has 0 radical (unpaired) electrons. The largest absolute Gasteiger partial charge is 0.322 e. The summed E-state index contributed by atoms with van der Waals surface area (Å²) in [5.74, 6) is -0.275. The minimum absolute atomic E-state index is 0.138. The van der Waals surface area contributed by atoms with Gasteiger partial charge in [0.15, 0.2) is 0 Å². The smallest absolute Gasteiger partial charge is 0.255 e. The van der Waals surface area contributed by atoms with Crippen molar-refractivity contribution in [2.24, 2.45) is 0 Å². The Hall–Kier alpha value is -2.18. The molecule has 0 saturated carbocycles. The number of amides is 1. The predicted molar refractivity (Wildman–Crippen MR) is 86.4 cm³/mol. The van der Waals surface area contributed by atoms with Crippen molar-refractivity contribution in [2.45, 2.75) is 11.8 Å². The molecule has 116 valence electrons. The van der Waals surface area contributed by atoms with Crippen LogP contribution in [0.1, 0.15) is 15.9 Å². The summed E-state index contributed by atoms with van der Waals surface area (Å²) in [6, 6.07) is 13.4. The van der Waals surface area contributed by atoms with E-state index in [4.69, 9.17) is 0 Å². The Kier molecular flexibility index (Phi) is 4.63. The molecule has 0 saturated heterocycles. The van der Waals surface area contributed by atoms with Crippen LogP contribution in [0, 0.1) is 6.92 Å². The molecule has 5 nitrogen and oxygen atoms in total. The maximum atomic E-state index is 12.2. The number of nitrogens with one attached hydrogen (secondary N) is 1. The van der Waals surface area contributed by atoms with Crippen molar-refractivity contribution in [2.75, 3.05) is 19.4 Å². The molecule has 6 heteroatoms. The summed E-state index contributed by atoms with van der Waals surface area (Å²) < 4.78 is 25.3. The van der Waals surface area contributed by atoms with Crippen molar-refractivity contribution < 1.29 is 13.2 Å². The van der Waals surface area contributed by atoms with E-state index in [2.05, 4.69) is 5.32 Å². The Bertz CT molecular complexity index is 799. The van der Waals surface area contributed by atoms with Crippen LogP contribution in [0.3, 0.4) is 0 Å². The van der Waals surface area contributed by atoms with Crippen molar-refractivity contribution in [3.05, 3.63) is 59.7 Å². The molecule has 2 aromatic carbocycles. The highest BCUT2D eigenvalue weighted by Gasteiger charge is 2.17. The molecule has 0 heterocycles. The topological polar surface area (TPSA) is 66.5 Å². The van der Waals surface area contributed by atoms with Crippen LogP contribution in [0.15, 0.2) is 53.4 Å². The molecule has 0 aromatic heterocycles. The first-order valence-corrected chi connectivity index (χ1v) is 8.15. The lowest BCUT2D eigenvalue weighted by atomic mass is 10.1. The summed E-state index contributed by atoms with van der Waals surface area (Å²) in [5, 5.41) is 2.71. The number of hydrogen-bond acceptors (Lipinski definition) is 3. The van der Waals surface area contributed by atoms with Gasteiger partial charge in [-0.2, -0.15) is 0 Å². The number of nitrogens with zero attached hydrogens (tertiary/aromatic N) is 1. The Balaban J connectivity index is 2.26. The zero-order valence-corrected chi connectivity index (χ0v) is 13.5. The summed E-state index contributed by atoms with van der Waals surface area (Å²) in [5.41, 5.74) is 1.95. The van der Waals surface area contributed by atoms with Crippen LogP contribution >= 0.6 is 0 Å². The highest BCUT2D eigenvalue weighted by Crippen LogP contribution is 2.18. The van der Waals surface area contributed by atoms with Gasteiger partial charge in [0, 0.05) is 25.3 Å². The Morgan fingerprint density at radius 3 is 2.36 bits per heavy atom. The Labute approximate surface area is 130 Å². The SMILES string of the molecule is Cc1cccc(C(=O)Nc2cccc(S(=O)(=O)N(C)C)c2)c1. The molecule has 22 heavy (non-hydrogen) atoms. The number of anilines is 1. The number of rotatable bonds is 4. The number of aryl methyl sites for hydroxylation is 1. The van der Waals surface area contributed by atoms with Gasteiger partial charge in [0.2, 0.25) is 10.0 Å². The van der Waals surface area contributed by atoms with Crippen molar-refractivity contribution in [3.63, 3.8) is 0 Å². The molecule has 0 aliphatic carbocycles. The maximum absolute atomic E-state index is 12.2. The first-order valence-electron chi connectivity index (χ1n) is 6.71. The molecular weight excluding hydrogens is 300 g/mol. The quantitative estimate of drug-likeness (QED) is 0.942. The van der Waals surface area contributed by atoms with Gasteiger partial charge in [-0.3, -0.25) is 4.79 Å². The Morgan fingerprint density at radius 1 is 1.05 bits per heavy atom. The van der Waals surface area contributed by atoms with Crippen molar-refractivity contribution in [1.29, 1.82) is 0 Å². The molecule has 0 fully saturated rings. The number of carbonyl (C=O) groups is 1. The average Bonchev–Trinajstić information content (AvgIpc) is 2.47. The van der Waals surface area contributed by atoms with E-state index in [1.165, 1.54) is 26.2 Å². The monoisotopic (exact) mass is 318 g/mol. The normalized spacial score (nSPS) is 11.5. The van der Waals surface area contributed by atoms with Crippen LogP contribution in [0.25, 0.3) is 0 Å². The van der Waals surface area contributed by atoms with E-state index >= 15 is 0 Å². The minimum Gasteiger partial charge on any atom is -0.322 e. The lowest BCUT2D eigenvalue weighted by molar-refractivity contribution is 0.102. The van der Waals surface area contributed by atoms with E-state index in [0.717, 1.165) is 9.87 Å². The van der Waals surface area contributed by atoms with Crippen LogP contribution in [-0.2, 0) is 10.0 Å². The molecule has 2 rings (SSSR count). The van der Waals surface area contributed by atoms with E-state index in [-0.39, 0.29) is 10.8 Å². The molecule has 1 amide bonds. The van der Waals surface area contributed by atoms with Crippen LogP contribution in [0.5, 0.6) is 0 Å². The van der Waals surface area contributed by atoms with Gasteiger partial charge >= 0.3 is 0 Å². The van der Waals surface area contributed by atoms with Crippen molar-refractivity contribution in [3.8, 4) is 0 Å². The summed E-state index contributed by atoms with van der Waals surface area (Å²) in [6.07, 6.45) is 0. The van der Waals surface area contributed by atoms with Gasteiger partial charge in [0.1, 0.15) is 0 Å². The summed E-state index contributed by atoms with van der Waals surface area (Å²) in [7, 11) is -0.593. The number of benzene rings is 2. The van der Waals surface area contributed by atoms with Crippen LogP contribution in [0.2, 0.25) is 0 Å². The maximum Gasteiger partial charge on any atom is 0.255 e. The van der Waals surface area contributed by atoms with Gasteiger partial charge in [-0.25, -0.2) is 12.7 Å². The zero-order chi connectivity index (χ0) is 16.3. The summed E-state index contributed by atoms with van der Waals surface area (Å²) in [6.45, 7) is 1.90. The van der Waals surface area contributed by atoms with E-state index in [1.807, 2.05) is 13.0 Å². The standard InChI is InChI=1S/C16H18N2O3S/c1-12-6-4-7-13(10-12)16(19)17-14-8-5-9-15(11-14)22(20,21)18(2)3/h4-11H,1-3H3,(H,17,19). The van der Waals surface area contributed by atoms with Gasteiger partial charge in [0.25, 0.3) is 5.91 Å². The first kappa shape index (κ1) is 16.2. The second-order valence-electron chi connectivity index (χ2n) is 5.14. The third-order valence-electron chi connectivity index (χ3n) is 3.15. The number of hydrogen-bond donors (Lipinski definition) is 1. The minimum atomic E-state index is -3.52. The fourth-order valence-corrected chi connectivity index (χ4v) is 2.88. The molecule has 0 atom stereocenters. The van der Waals surface area contributed by atoms with Crippen molar-refractivity contribution >= 4 is 21.6 Å². The molecule has 1 N–H and O–H groups in total. The molecule has 0 spiro atoms. The summed E-state index contributed by atoms with van der Waals surface area (Å²) in [4.78, 5) is 12.3. The lowest BCUT2D eigenvalue weighted by Gasteiger charge is -2.12. The molecule has 0 aliphatic heterocycles. The second kappa shape index (κ2) is 6.29. The van der Waals surface area contributed by atoms with E-state index in [1.54, 1.807) is 30.3 Å². The molecule has 2 aromatic rings. The molecule has 0 aliphatic rings. The molecular formula is C16H18N2O3S. The molecule has 0 unspecified atom stereocenters. The number of sulfonamides is 1. The van der Waals surface area contributed by atoms with Gasteiger partial charge in [-0.05, 0) is 37.3 Å². The van der Waals surface area contributed by atoms with E-state index < -0.39 is 10.0 Å². The fraction of sp³-hybridized carbons (Fsp3) is 0.188. The van der Waals surface area contributed by atoms with Gasteiger partial charge in [-0.1, -0.05) is 23.8 Å². The molecule has 0 bridgehead atoms. The van der Waals surface area contributed by atoms with Crippen LogP contribution in [-0.4, -0.2) is 32.7 Å². The van der Waals surface area contributed by atoms with E-state index in [0.29, 0.717) is 11.3 Å². The van der Waals surface area contributed by atoms with Gasteiger partial charge in [0.05, 0.1) is 4.90 Å². The highest BCUT2D eigenvalue weighted by molar-refractivity contribution is 7.89. The highest BCUT2D eigenvalue weighted by atomic mass is 32.2. The average molecular weight is 318 g/mol. The fourth-order valence-electron chi connectivity index (χ4n) is 1.93.